The lowest BCUT2D eigenvalue weighted by molar-refractivity contribution is -0.133. The zero-order chi connectivity index (χ0) is 15.7. The number of rotatable bonds is 3. The number of benzene rings is 1. The van der Waals surface area contributed by atoms with Crippen molar-refractivity contribution in [3.8, 4) is 0 Å². The van der Waals surface area contributed by atoms with E-state index < -0.39 is 12.1 Å². The number of nitrogens with one attached hydrogen (secondary N) is 1. The van der Waals surface area contributed by atoms with Crippen molar-refractivity contribution in [2.75, 3.05) is 6.54 Å². The summed E-state index contributed by atoms with van der Waals surface area (Å²) in [6.07, 6.45) is 3.40. The number of urea groups is 1. The Bertz CT molecular complexity index is 560. The van der Waals surface area contributed by atoms with Crippen molar-refractivity contribution in [2.45, 2.75) is 44.2 Å². The summed E-state index contributed by atoms with van der Waals surface area (Å²) in [6.45, 7) is 2.44. The molecule has 0 bridgehead atoms. The average Bonchev–Trinajstić information content (AvgIpc) is 3.08. The van der Waals surface area contributed by atoms with E-state index in [1.165, 1.54) is 18.4 Å². The Morgan fingerprint density at radius 1 is 1.27 bits per heavy atom. The molecular weight excluding hydrogens is 278 g/mol. The van der Waals surface area contributed by atoms with Gasteiger partial charge in [0.2, 0.25) is 5.91 Å². The van der Waals surface area contributed by atoms with Crippen LogP contribution >= 0.6 is 0 Å². The van der Waals surface area contributed by atoms with Crippen molar-refractivity contribution >= 4 is 11.9 Å². The van der Waals surface area contributed by atoms with Crippen LogP contribution in [0, 0.1) is 5.92 Å². The maximum atomic E-state index is 12.7. The van der Waals surface area contributed by atoms with Gasteiger partial charge in [-0.25, -0.2) is 4.79 Å². The van der Waals surface area contributed by atoms with Gasteiger partial charge in [-0.15, -0.1) is 0 Å². The molecule has 1 aromatic carbocycles. The van der Waals surface area contributed by atoms with Gasteiger partial charge in [-0.05, 0) is 31.2 Å². The molecule has 3 amide bonds. The molecule has 4 atom stereocenters. The number of hydrogen-bond donors (Lipinski definition) is 2. The summed E-state index contributed by atoms with van der Waals surface area (Å²) >= 11 is 0. The lowest BCUT2D eigenvalue weighted by Gasteiger charge is -2.26. The number of likely N-dealkylation sites (tertiary alicyclic amines) is 1. The Morgan fingerprint density at radius 3 is 2.68 bits per heavy atom. The average molecular weight is 301 g/mol. The van der Waals surface area contributed by atoms with Gasteiger partial charge >= 0.3 is 6.03 Å². The van der Waals surface area contributed by atoms with Crippen molar-refractivity contribution in [3.05, 3.63) is 35.9 Å². The van der Waals surface area contributed by atoms with Gasteiger partial charge < -0.3 is 16.0 Å². The fraction of sp³-hybridized carbons (Fsp3) is 0.529. The predicted octanol–water partition coefficient (Wildman–Crippen LogP) is 1.84. The molecule has 1 saturated carbocycles. The first kappa shape index (κ1) is 14.9. The first-order valence-electron chi connectivity index (χ1n) is 7.99. The molecule has 2 fully saturated rings. The number of primary amides is 1. The van der Waals surface area contributed by atoms with E-state index in [4.69, 9.17) is 5.73 Å². The van der Waals surface area contributed by atoms with Gasteiger partial charge in [0, 0.05) is 18.5 Å². The van der Waals surface area contributed by atoms with E-state index in [0.29, 0.717) is 17.9 Å². The number of carbonyl (C=O) groups is 2. The van der Waals surface area contributed by atoms with Crippen LogP contribution in [0.5, 0.6) is 0 Å². The number of amides is 3. The SMILES string of the molecule is C[C@H](NC(N)=O)C(=O)N1C[C@H](c2ccccc2)[C@H]2CCC[C@H]21. The molecule has 0 radical (unpaired) electrons. The highest BCUT2D eigenvalue weighted by Gasteiger charge is 2.47. The molecule has 3 rings (SSSR count). The molecule has 0 aromatic heterocycles. The number of nitrogens with zero attached hydrogens (tertiary/aromatic N) is 1. The van der Waals surface area contributed by atoms with Gasteiger partial charge in [-0.3, -0.25) is 4.79 Å². The molecule has 0 unspecified atom stereocenters. The standard InChI is InChI=1S/C17H23N3O2/c1-11(19-17(18)22)16(21)20-10-14(12-6-3-2-4-7-12)13-8-5-9-15(13)20/h2-4,6-7,11,13-15H,5,8-10H2,1H3,(H3,18,19,22)/t11-,13+,14+,15+/m0/s1. The van der Waals surface area contributed by atoms with Crippen LogP contribution in [0.3, 0.4) is 0 Å². The number of hydrogen-bond acceptors (Lipinski definition) is 2. The normalized spacial score (nSPS) is 28.2. The highest BCUT2D eigenvalue weighted by molar-refractivity contribution is 5.86. The summed E-state index contributed by atoms with van der Waals surface area (Å²) in [4.78, 5) is 25.6. The Kier molecular flexibility index (Phi) is 4.05. The smallest absolute Gasteiger partial charge is 0.312 e. The maximum absolute atomic E-state index is 12.7. The summed E-state index contributed by atoms with van der Waals surface area (Å²) in [5.74, 6) is 0.916. The van der Waals surface area contributed by atoms with Gasteiger partial charge in [-0.1, -0.05) is 36.8 Å². The van der Waals surface area contributed by atoms with Crippen LogP contribution < -0.4 is 11.1 Å². The van der Waals surface area contributed by atoms with Gasteiger partial charge in [0.15, 0.2) is 0 Å². The van der Waals surface area contributed by atoms with E-state index >= 15 is 0 Å². The van der Waals surface area contributed by atoms with Gasteiger partial charge in [-0.2, -0.15) is 0 Å². The van der Waals surface area contributed by atoms with Crippen molar-refractivity contribution in [2.24, 2.45) is 11.7 Å². The molecular formula is C17H23N3O2. The third-order valence-electron chi connectivity index (χ3n) is 5.08. The largest absolute Gasteiger partial charge is 0.352 e. The molecule has 1 aromatic rings. The third kappa shape index (κ3) is 2.67. The molecule has 1 saturated heterocycles. The van der Waals surface area contributed by atoms with E-state index in [2.05, 4.69) is 29.6 Å². The van der Waals surface area contributed by atoms with Crippen molar-refractivity contribution in [1.29, 1.82) is 0 Å². The highest BCUT2D eigenvalue weighted by Crippen LogP contribution is 2.46. The first-order valence-corrected chi connectivity index (χ1v) is 7.99. The molecule has 5 nitrogen and oxygen atoms in total. The monoisotopic (exact) mass is 301 g/mol. The summed E-state index contributed by atoms with van der Waals surface area (Å²) in [6, 6.07) is 9.53. The van der Waals surface area contributed by atoms with E-state index in [9.17, 15) is 9.59 Å². The minimum atomic E-state index is -0.650. The number of carbonyl (C=O) groups excluding carboxylic acids is 2. The van der Waals surface area contributed by atoms with E-state index in [-0.39, 0.29) is 5.91 Å². The number of fused-ring (bicyclic) bond motifs is 1. The van der Waals surface area contributed by atoms with Gasteiger partial charge in [0.25, 0.3) is 0 Å². The van der Waals surface area contributed by atoms with Crippen LogP contribution in [-0.2, 0) is 4.79 Å². The Labute approximate surface area is 130 Å². The Hall–Kier alpha value is -2.04. The van der Waals surface area contributed by atoms with Gasteiger partial charge in [0.1, 0.15) is 6.04 Å². The summed E-state index contributed by atoms with van der Waals surface area (Å²) in [5.41, 5.74) is 6.44. The van der Waals surface area contributed by atoms with Crippen molar-refractivity contribution < 1.29 is 9.59 Å². The minimum absolute atomic E-state index is 0.0193. The van der Waals surface area contributed by atoms with Crippen LogP contribution in [0.2, 0.25) is 0 Å². The van der Waals surface area contributed by atoms with Crippen LogP contribution in [0.1, 0.15) is 37.7 Å². The molecule has 1 heterocycles. The molecule has 1 aliphatic heterocycles. The zero-order valence-electron chi connectivity index (χ0n) is 12.9. The molecule has 118 valence electrons. The third-order valence-corrected chi connectivity index (χ3v) is 5.08. The Morgan fingerprint density at radius 2 is 2.00 bits per heavy atom. The van der Waals surface area contributed by atoms with Crippen molar-refractivity contribution in [3.63, 3.8) is 0 Å². The van der Waals surface area contributed by atoms with Crippen LogP contribution in [-0.4, -0.2) is 35.5 Å². The first-order chi connectivity index (χ1) is 10.6. The highest BCUT2D eigenvalue weighted by atomic mass is 16.2. The molecule has 0 spiro atoms. The molecule has 3 N–H and O–H groups in total. The molecule has 2 aliphatic rings. The molecule has 22 heavy (non-hydrogen) atoms. The van der Waals surface area contributed by atoms with Crippen LogP contribution in [0.25, 0.3) is 0 Å². The fourth-order valence-corrected chi connectivity index (χ4v) is 4.14. The van der Waals surface area contributed by atoms with Crippen molar-refractivity contribution in [1.82, 2.24) is 10.2 Å². The quantitative estimate of drug-likeness (QED) is 0.894. The molecule has 1 aliphatic carbocycles. The maximum Gasteiger partial charge on any atom is 0.312 e. The summed E-state index contributed by atoms with van der Waals surface area (Å²) in [5, 5.41) is 2.50. The van der Waals surface area contributed by atoms with Crippen LogP contribution in [0.4, 0.5) is 4.79 Å². The second-order valence-corrected chi connectivity index (χ2v) is 6.40. The van der Waals surface area contributed by atoms with E-state index in [1.54, 1.807) is 6.92 Å². The minimum Gasteiger partial charge on any atom is -0.352 e. The zero-order valence-corrected chi connectivity index (χ0v) is 12.9. The van der Waals surface area contributed by atoms with Crippen LogP contribution in [0.15, 0.2) is 30.3 Å². The summed E-state index contributed by atoms with van der Waals surface area (Å²) < 4.78 is 0. The van der Waals surface area contributed by atoms with E-state index in [1.807, 2.05) is 11.0 Å². The lowest BCUT2D eigenvalue weighted by atomic mass is 9.87. The lowest BCUT2D eigenvalue weighted by Crippen LogP contribution is -2.50. The topological polar surface area (TPSA) is 75.4 Å². The van der Waals surface area contributed by atoms with Gasteiger partial charge in [0.05, 0.1) is 0 Å². The fourth-order valence-electron chi connectivity index (χ4n) is 4.14. The Balaban J connectivity index is 1.79. The van der Waals surface area contributed by atoms with E-state index in [0.717, 1.165) is 13.0 Å². The summed E-state index contributed by atoms with van der Waals surface area (Å²) in [7, 11) is 0. The second kappa shape index (κ2) is 5.99. The second-order valence-electron chi connectivity index (χ2n) is 6.40. The number of nitrogens with two attached hydrogens (primary N) is 1. The predicted molar refractivity (Wildman–Crippen MR) is 84.2 cm³/mol. The molecule has 5 heteroatoms.